The highest BCUT2D eigenvalue weighted by molar-refractivity contribution is 5.57. The summed E-state index contributed by atoms with van der Waals surface area (Å²) in [6, 6.07) is 3.15. The van der Waals surface area contributed by atoms with Crippen LogP contribution in [-0.4, -0.2) is 36.1 Å². The number of nitrogens with zero attached hydrogens (tertiary/aromatic N) is 3. The summed E-state index contributed by atoms with van der Waals surface area (Å²) in [5, 5.41) is 14.4. The van der Waals surface area contributed by atoms with Crippen molar-refractivity contribution in [1.82, 2.24) is 10.3 Å². The third-order valence-electron chi connectivity index (χ3n) is 3.97. The minimum Gasteiger partial charge on any atom is -0.351 e. The maximum absolute atomic E-state index is 11.0. The molecule has 0 spiro atoms. The van der Waals surface area contributed by atoms with Crippen LogP contribution in [0.5, 0.6) is 0 Å². The lowest BCUT2D eigenvalue weighted by atomic mass is 9.89. The van der Waals surface area contributed by atoms with Gasteiger partial charge in [-0.15, -0.1) is 0 Å². The molecule has 3 rings (SSSR count). The number of nitrogens with one attached hydrogen (secondary N) is 1. The molecule has 1 aromatic heterocycles. The molecule has 2 aliphatic heterocycles. The molecule has 1 N–H and O–H groups in total. The molecule has 0 aromatic carbocycles. The Bertz CT molecular complexity index is 465. The quantitative estimate of drug-likeness (QED) is 0.625. The lowest BCUT2D eigenvalue weighted by Gasteiger charge is -2.34. The molecular formula is C12H16N4O2. The Hall–Kier alpha value is -1.69. The first-order valence-electron chi connectivity index (χ1n) is 6.31. The Balaban J connectivity index is 1.85. The van der Waals surface area contributed by atoms with Crippen LogP contribution in [0.2, 0.25) is 0 Å². The molecule has 0 bridgehead atoms. The number of pyridine rings is 1. The van der Waals surface area contributed by atoms with E-state index in [0.29, 0.717) is 11.7 Å². The van der Waals surface area contributed by atoms with Gasteiger partial charge in [-0.1, -0.05) is 0 Å². The van der Waals surface area contributed by atoms with Crippen LogP contribution in [0.25, 0.3) is 0 Å². The van der Waals surface area contributed by atoms with E-state index in [-0.39, 0.29) is 10.6 Å². The van der Waals surface area contributed by atoms with Gasteiger partial charge in [0.05, 0.1) is 4.92 Å². The minimum atomic E-state index is -0.346. The Morgan fingerprint density at radius 3 is 3.11 bits per heavy atom. The molecule has 1 aromatic rings. The number of rotatable bonds is 2. The summed E-state index contributed by atoms with van der Waals surface area (Å²) in [6.45, 7) is 3.83. The predicted octanol–water partition coefficient (Wildman–Crippen LogP) is 1.04. The van der Waals surface area contributed by atoms with Gasteiger partial charge in [-0.05, 0) is 37.4 Å². The third kappa shape index (κ3) is 1.92. The van der Waals surface area contributed by atoms with Crippen LogP contribution in [0.4, 0.5) is 11.5 Å². The third-order valence-corrected chi connectivity index (χ3v) is 3.97. The van der Waals surface area contributed by atoms with E-state index in [2.05, 4.69) is 15.2 Å². The van der Waals surface area contributed by atoms with Crippen molar-refractivity contribution in [3.05, 3.63) is 28.4 Å². The van der Waals surface area contributed by atoms with Gasteiger partial charge < -0.3 is 10.2 Å². The Morgan fingerprint density at radius 2 is 2.28 bits per heavy atom. The van der Waals surface area contributed by atoms with Crippen LogP contribution in [0.3, 0.4) is 0 Å². The molecule has 0 radical (unpaired) electrons. The first-order chi connectivity index (χ1) is 8.75. The smallest absolute Gasteiger partial charge is 0.311 e. The van der Waals surface area contributed by atoms with Gasteiger partial charge in [0.1, 0.15) is 0 Å². The van der Waals surface area contributed by atoms with Crippen LogP contribution in [0.15, 0.2) is 18.3 Å². The SMILES string of the molecule is O=[N+]([O-])c1cccnc1N1CCC2CNCC2C1. The van der Waals surface area contributed by atoms with E-state index in [4.69, 9.17) is 0 Å². The zero-order valence-corrected chi connectivity index (χ0v) is 10.1. The molecule has 6 nitrogen and oxygen atoms in total. The number of piperidine rings is 1. The Morgan fingerprint density at radius 1 is 1.44 bits per heavy atom. The van der Waals surface area contributed by atoms with Crippen molar-refractivity contribution >= 4 is 11.5 Å². The van der Waals surface area contributed by atoms with Gasteiger partial charge in [-0.25, -0.2) is 4.98 Å². The lowest BCUT2D eigenvalue weighted by molar-refractivity contribution is -0.384. The summed E-state index contributed by atoms with van der Waals surface area (Å²) < 4.78 is 0. The molecule has 18 heavy (non-hydrogen) atoms. The molecule has 2 atom stereocenters. The van der Waals surface area contributed by atoms with Crippen molar-refractivity contribution in [2.24, 2.45) is 11.8 Å². The van der Waals surface area contributed by atoms with Crippen molar-refractivity contribution in [3.63, 3.8) is 0 Å². The van der Waals surface area contributed by atoms with Crippen LogP contribution < -0.4 is 10.2 Å². The van der Waals surface area contributed by atoms with Gasteiger partial charge in [0.25, 0.3) is 0 Å². The van der Waals surface area contributed by atoms with E-state index in [1.54, 1.807) is 12.3 Å². The van der Waals surface area contributed by atoms with Crippen molar-refractivity contribution in [2.75, 3.05) is 31.1 Å². The Kier molecular flexibility index (Phi) is 2.87. The molecule has 96 valence electrons. The summed E-state index contributed by atoms with van der Waals surface area (Å²) in [4.78, 5) is 16.9. The standard InChI is InChI=1S/C12H16N4O2/c17-16(18)11-2-1-4-14-12(11)15-5-3-9-6-13-7-10(9)8-15/h1-2,4,9-10,13H,3,5-8H2. The molecule has 2 aliphatic rings. The molecule has 0 saturated carbocycles. The number of fused-ring (bicyclic) bond motifs is 1. The van der Waals surface area contributed by atoms with E-state index >= 15 is 0 Å². The number of nitro groups is 1. The van der Waals surface area contributed by atoms with Crippen molar-refractivity contribution in [2.45, 2.75) is 6.42 Å². The minimum absolute atomic E-state index is 0.113. The maximum atomic E-state index is 11.0. The summed E-state index contributed by atoms with van der Waals surface area (Å²) >= 11 is 0. The number of aromatic nitrogens is 1. The maximum Gasteiger partial charge on any atom is 0.311 e. The molecule has 2 saturated heterocycles. The predicted molar refractivity (Wildman–Crippen MR) is 67.6 cm³/mol. The highest BCUT2D eigenvalue weighted by Gasteiger charge is 2.35. The molecule has 2 unspecified atom stereocenters. The second-order valence-corrected chi connectivity index (χ2v) is 5.02. The van der Waals surface area contributed by atoms with E-state index in [1.807, 2.05) is 0 Å². The summed E-state index contributed by atoms with van der Waals surface area (Å²) in [7, 11) is 0. The monoisotopic (exact) mass is 248 g/mol. The molecule has 3 heterocycles. The van der Waals surface area contributed by atoms with E-state index < -0.39 is 0 Å². The first-order valence-corrected chi connectivity index (χ1v) is 6.31. The van der Waals surface area contributed by atoms with Crippen molar-refractivity contribution in [3.8, 4) is 0 Å². The Labute approximate surface area is 105 Å². The summed E-state index contributed by atoms with van der Waals surface area (Å²) in [5.74, 6) is 1.84. The van der Waals surface area contributed by atoms with Crippen LogP contribution in [0, 0.1) is 22.0 Å². The fourth-order valence-corrected chi connectivity index (χ4v) is 3.00. The van der Waals surface area contributed by atoms with Crippen LogP contribution in [0.1, 0.15) is 6.42 Å². The van der Waals surface area contributed by atoms with Crippen molar-refractivity contribution in [1.29, 1.82) is 0 Å². The largest absolute Gasteiger partial charge is 0.351 e. The summed E-state index contributed by atoms with van der Waals surface area (Å²) in [5.41, 5.74) is 0.113. The van der Waals surface area contributed by atoms with Gasteiger partial charge in [0.2, 0.25) is 5.82 Å². The number of anilines is 1. The van der Waals surface area contributed by atoms with Gasteiger partial charge in [-0.3, -0.25) is 10.1 Å². The zero-order chi connectivity index (χ0) is 12.5. The van der Waals surface area contributed by atoms with E-state index in [9.17, 15) is 10.1 Å². The van der Waals surface area contributed by atoms with Gasteiger partial charge in [0.15, 0.2) is 0 Å². The highest BCUT2D eigenvalue weighted by Crippen LogP contribution is 2.32. The number of hydrogen-bond donors (Lipinski definition) is 1. The zero-order valence-electron chi connectivity index (χ0n) is 10.1. The lowest BCUT2D eigenvalue weighted by Crippen LogP contribution is -2.40. The average molecular weight is 248 g/mol. The van der Waals surface area contributed by atoms with E-state index in [0.717, 1.165) is 38.5 Å². The second-order valence-electron chi connectivity index (χ2n) is 5.02. The first kappa shape index (κ1) is 11.4. The molecule has 0 aliphatic carbocycles. The van der Waals surface area contributed by atoms with Gasteiger partial charge in [-0.2, -0.15) is 0 Å². The second kappa shape index (κ2) is 4.53. The van der Waals surface area contributed by atoms with Gasteiger partial charge >= 0.3 is 5.69 Å². The summed E-state index contributed by atoms with van der Waals surface area (Å²) in [6.07, 6.45) is 2.71. The molecule has 6 heteroatoms. The number of hydrogen-bond acceptors (Lipinski definition) is 5. The molecule has 2 fully saturated rings. The van der Waals surface area contributed by atoms with Gasteiger partial charge in [0, 0.05) is 25.4 Å². The molecule has 0 amide bonds. The van der Waals surface area contributed by atoms with Crippen molar-refractivity contribution < 1.29 is 4.92 Å². The van der Waals surface area contributed by atoms with Crippen LogP contribution >= 0.6 is 0 Å². The fourth-order valence-electron chi connectivity index (χ4n) is 3.00. The van der Waals surface area contributed by atoms with E-state index in [1.165, 1.54) is 6.07 Å². The normalized spacial score (nSPS) is 27.0. The fraction of sp³-hybridized carbons (Fsp3) is 0.583. The topological polar surface area (TPSA) is 71.3 Å². The average Bonchev–Trinajstić information content (AvgIpc) is 2.85. The van der Waals surface area contributed by atoms with Crippen LogP contribution in [-0.2, 0) is 0 Å². The highest BCUT2D eigenvalue weighted by atomic mass is 16.6. The molecular weight excluding hydrogens is 232 g/mol.